The van der Waals surface area contributed by atoms with E-state index < -0.39 is 0 Å². The molecule has 2 aromatic carbocycles. The quantitative estimate of drug-likeness (QED) is 0.580. The van der Waals surface area contributed by atoms with Crippen LogP contribution in [0.25, 0.3) is 0 Å². The van der Waals surface area contributed by atoms with Crippen molar-refractivity contribution in [3.63, 3.8) is 0 Å². The third-order valence-corrected chi connectivity index (χ3v) is 5.83. The number of methoxy groups -OCH3 is 2. The molecule has 0 aliphatic rings. The van der Waals surface area contributed by atoms with Crippen molar-refractivity contribution in [2.75, 3.05) is 20.0 Å². The van der Waals surface area contributed by atoms with E-state index in [1.165, 1.54) is 27.8 Å². The average molecular weight is 359 g/mol. The molecule has 0 N–H and O–H groups in total. The van der Waals surface area contributed by atoms with Gasteiger partial charge in [-0.15, -0.1) is 11.8 Å². The Morgan fingerprint density at radius 1 is 0.960 bits per heavy atom. The van der Waals surface area contributed by atoms with Gasteiger partial charge in [0.1, 0.15) is 11.5 Å². The highest BCUT2D eigenvalue weighted by Crippen LogP contribution is 2.44. The molecule has 1 unspecified atom stereocenters. The lowest BCUT2D eigenvalue weighted by molar-refractivity contribution is 0.406. The first-order valence-corrected chi connectivity index (χ1v) is 9.92. The fourth-order valence-corrected chi connectivity index (χ4v) is 4.77. The summed E-state index contributed by atoms with van der Waals surface area (Å²) in [7, 11) is 3.47. The second-order valence-electron chi connectivity index (χ2n) is 6.61. The molecule has 25 heavy (non-hydrogen) atoms. The molecule has 0 aliphatic carbocycles. The Hall–Kier alpha value is -1.61. The summed E-state index contributed by atoms with van der Waals surface area (Å²) >= 11 is 1.98. The fraction of sp³-hybridized carbons (Fsp3) is 0.455. The smallest absolute Gasteiger partial charge is 0.122 e. The lowest BCUT2D eigenvalue weighted by atomic mass is 9.87. The van der Waals surface area contributed by atoms with Crippen molar-refractivity contribution in [2.45, 2.75) is 45.8 Å². The SMILES string of the molecule is CCSC(c1ccc(OC)cc1)c1c(C)cc(OC)c(C(C)C)c1C. The molecule has 0 radical (unpaired) electrons. The molecule has 0 amide bonds. The van der Waals surface area contributed by atoms with Crippen molar-refractivity contribution in [1.29, 1.82) is 0 Å². The lowest BCUT2D eigenvalue weighted by Gasteiger charge is -2.26. The second-order valence-corrected chi connectivity index (χ2v) is 7.99. The molecule has 3 heteroatoms. The lowest BCUT2D eigenvalue weighted by Crippen LogP contribution is -2.08. The van der Waals surface area contributed by atoms with Crippen LogP contribution < -0.4 is 9.47 Å². The summed E-state index contributed by atoms with van der Waals surface area (Å²) in [5.74, 6) is 3.40. The van der Waals surface area contributed by atoms with E-state index in [2.05, 4.69) is 65.0 Å². The topological polar surface area (TPSA) is 18.5 Å². The van der Waals surface area contributed by atoms with Crippen LogP contribution >= 0.6 is 11.8 Å². The standard InChI is InChI=1S/C22H30O2S/c1-8-25-22(17-9-11-18(23-6)12-10-17)21-15(4)13-19(24-7)20(14(2)3)16(21)5/h9-14,22H,8H2,1-7H3. The molecular weight excluding hydrogens is 328 g/mol. The van der Waals surface area contributed by atoms with Crippen LogP contribution in [0.1, 0.15) is 59.8 Å². The van der Waals surface area contributed by atoms with E-state index in [1.54, 1.807) is 14.2 Å². The summed E-state index contributed by atoms with van der Waals surface area (Å²) in [6, 6.07) is 10.7. The maximum Gasteiger partial charge on any atom is 0.122 e. The van der Waals surface area contributed by atoms with Gasteiger partial charge in [0.05, 0.1) is 19.5 Å². The van der Waals surface area contributed by atoms with E-state index in [1.807, 2.05) is 11.8 Å². The Balaban J connectivity index is 2.62. The molecule has 0 saturated heterocycles. The number of ether oxygens (including phenoxy) is 2. The summed E-state index contributed by atoms with van der Waals surface area (Å²) in [6.07, 6.45) is 0. The predicted octanol–water partition coefficient (Wildman–Crippen LogP) is 6.29. The largest absolute Gasteiger partial charge is 0.497 e. The first kappa shape index (κ1) is 19.7. The Labute approximate surface area is 156 Å². The molecule has 0 bridgehead atoms. The molecule has 0 fully saturated rings. The summed E-state index contributed by atoms with van der Waals surface area (Å²) in [5, 5.41) is 0.319. The van der Waals surface area contributed by atoms with Gasteiger partial charge in [0.2, 0.25) is 0 Å². The van der Waals surface area contributed by atoms with E-state index >= 15 is 0 Å². The minimum absolute atomic E-state index is 0.319. The number of hydrogen-bond acceptors (Lipinski definition) is 3. The number of thioether (sulfide) groups is 1. The molecule has 0 heterocycles. The van der Waals surface area contributed by atoms with Crippen LogP contribution in [0.15, 0.2) is 30.3 Å². The van der Waals surface area contributed by atoms with E-state index in [0.717, 1.165) is 17.3 Å². The van der Waals surface area contributed by atoms with Gasteiger partial charge >= 0.3 is 0 Å². The van der Waals surface area contributed by atoms with E-state index in [4.69, 9.17) is 9.47 Å². The Morgan fingerprint density at radius 3 is 2.08 bits per heavy atom. The fourth-order valence-electron chi connectivity index (χ4n) is 3.56. The molecule has 136 valence electrons. The van der Waals surface area contributed by atoms with Gasteiger partial charge in [0.25, 0.3) is 0 Å². The Morgan fingerprint density at radius 2 is 1.60 bits per heavy atom. The van der Waals surface area contributed by atoms with E-state index in [9.17, 15) is 0 Å². The molecule has 1 atom stereocenters. The summed E-state index contributed by atoms with van der Waals surface area (Å²) in [6.45, 7) is 11.1. The second kappa shape index (κ2) is 8.66. The van der Waals surface area contributed by atoms with E-state index in [-0.39, 0.29) is 0 Å². The normalized spacial score (nSPS) is 12.3. The van der Waals surface area contributed by atoms with Crippen molar-refractivity contribution in [3.05, 3.63) is 58.1 Å². The van der Waals surface area contributed by atoms with Crippen LogP contribution in [-0.4, -0.2) is 20.0 Å². The molecule has 2 aromatic rings. The van der Waals surface area contributed by atoms with Crippen LogP contribution in [0, 0.1) is 13.8 Å². The van der Waals surface area contributed by atoms with Gasteiger partial charge in [-0.3, -0.25) is 0 Å². The minimum atomic E-state index is 0.319. The predicted molar refractivity (Wildman–Crippen MR) is 110 cm³/mol. The Kier molecular flexibility index (Phi) is 6.83. The highest BCUT2D eigenvalue weighted by molar-refractivity contribution is 7.99. The van der Waals surface area contributed by atoms with Crippen molar-refractivity contribution in [3.8, 4) is 11.5 Å². The maximum absolute atomic E-state index is 5.68. The number of aryl methyl sites for hydroxylation is 1. The molecule has 2 rings (SSSR count). The summed E-state index contributed by atoms with van der Waals surface area (Å²) in [4.78, 5) is 0. The van der Waals surface area contributed by atoms with Crippen molar-refractivity contribution in [2.24, 2.45) is 0 Å². The van der Waals surface area contributed by atoms with Gasteiger partial charge in [0, 0.05) is 0 Å². The zero-order chi connectivity index (χ0) is 18.6. The molecule has 0 aliphatic heterocycles. The van der Waals surface area contributed by atoms with Gasteiger partial charge in [0.15, 0.2) is 0 Å². The van der Waals surface area contributed by atoms with Crippen LogP contribution in [-0.2, 0) is 0 Å². The highest BCUT2D eigenvalue weighted by atomic mass is 32.2. The highest BCUT2D eigenvalue weighted by Gasteiger charge is 2.23. The zero-order valence-corrected chi connectivity index (χ0v) is 17.3. The van der Waals surface area contributed by atoms with Crippen molar-refractivity contribution < 1.29 is 9.47 Å². The van der Waals surface area contributed by atoms with Gasteiger partial charge in [-0.05, 0) is 71.5 Å². The first-order valence-electron chi connectivity index (χ1n) is 8.88. The van der Waals surface area contributed by atoms with Crippen molar-refractivity contribution in [1.82, 2.24) is 0 Å². The monoisotopic (exact) mass is 358 g/mol. The molecule has 2 nitrogen and oxygen atoms in total. The third kappa shape index (κ3) is 4.14. The van der Waals surface area contributed by atoms with Crippen LogP contribution in [0.5, 0.6) is 11.5 Å². The number of benzene rings is 2. The number of hydrogen-bond donors (Lipinski definition) is 0. The zero-order valence-electron chi connectivity index (χ0n) is 16.5. The Bertz CT molecular complexity index is 705. The molecule has 0 saturated carbocycles. The molecule has 0 spiro atoms. The van der Waals surface area contributed by atoms with Gasteiger partial charge in [-0.25, -0.2) is 0 Å². The van der Waals surface area contributed by atoms with Gasteiger partial charge in [-0.1, -0.05) is 32.9 Å². The first-order chi connectivity index (χ1) is 11.9. The maximum atomic E-state index is 5.68. The van der Waals surface area contributed by atoms with E-state index in [0.29, 0.717) is 11.2 Å². The number of rotatable bonds is 7. The minimum Gasteiger partial charge on any atom is -0.497 e. The molecular formula is C22H30O2S. The summed E-state index contributed by atoms with van der Waals surface area (Å²) < 4.78 is 11.0. The van der Waals surface area contributed by atoms with Crippen LogP contribution in [0.4, 0.5) is 0 Å². The molecule has 0 aromatic heterocycles. The van der Waals surface area contributed by atoms with Crippen molar-refractivity contribution >= 4 is 11.8 Å². The van der Waals surface area contributed by atoms with Gasteiger partial charge in [-0.2, -0.15) is 0 Å². The average Bonchev–Trinajstić information content (AvgIpc) is 2.60. The van der Waals surface area contributed by atoms with Crippen LogP contribution in [0.2, 0.25) is 0 Å². The third-order valence-electron chi connectivity index (χ3n) is 4.66. The summed E-state index contributed by atoms with van der Waals surface area (Å²) in [5.41, 5.74) is 6.70. The van der Waals surface area contributed by atoms with Crippen LogP contribution in [0.3, 0.4) is 0 Å². The van der Waals surface area contributed by atoms with Gasteiger partial charge < -0.3 is 9.47 Å².